The summed E-state index contributed by atoms with van der Waals surface area (Å²) in [5.41, 5.74) is 1.79. The summed E-state index contributed by atoms with van der Waals surface area (Å²) in [6.07, 6.45) is 2.94. The number of piperidine rings is 1. The van der Waals surface area contributed by atoms with Crippen molar-refractivity contribution in [2.75, 3.05) is 13.1 Å². The van der Waals surface area contributed by atoms with Crippen molar-refractivity contribution in [2.24, 2.45) is 0 Å². The predicted octanol–water partition coefficient (Wildman–Crippen LogP) is 3.94. The third-order valence-corrected chi connectivity index (χ3v) is 6.80. The number of benzene rings is 2. The van der Waals surface area contributed by atoms with Crippen LogP contribution in [0, 0.1) is 5.82 Å². The van der Waals surface area contributed by atoms with Crippen molar-refractivity contribution in [3.63, 3.8) is 0 Å². The van der Waals surface area contributed by atoms with Gasteiger partial charge in [0.15, 0.2) is 0 Å². The molecule has 3 rings (SSSR count). The van der Waals surface area contributed by atoms with Crippen LogP contribution in [-0.4, -0.2) is 25.8 Å². The molecule has 0 aliphatic carbocycles. The number of halogens is 2. The van der Waals surface area contributed by atoms with Crippen molar-refractivity contribution in [1.82, 2.24) is 9.62 Å². The maximum Gasteiger partial charge on any atom is 0.243 e. The fourth-order valence-electron chi connectivity index (χ4n) is 3.04. The van der Waals surface area contributed by atoms with E-state index in [9.17, 15) is 12.8 Å². The smallest absolute Gasteiger partial charge is 0.243 e. The van der Waals surface area contributed by atoms with Gasteiger partial charge in [0, 0.05) is 31.2 Å². The number of rotatable bonds is 6. The van der Waals surface area contributed by atoms with Gasteiger partial charge < -0.3 is 5.32 Å². The van der Waals surface area contributed by atoms with E-state index < -0.39 is 10.0 Å². The maximum absolute atomic E-state index is 13.0. The molecule has 0 unspecified atom stereocenters. The number of hydrogen-bond acceptors (Lipinski definition) is 3. The summed E-state index contributed by atoms with van der Waals surface area (Å²) in [6, 6.07) is 11.3. The van der Waals surface area contributed by atoms with Gasteiger partial charge in [-0.1, -0.05) is 36.2 Å². The molecule has 0 saturated carbocycles. The lowest BCUT2D eigenvalue weighted by molar-refractivity contribution is 0.346. The third kappa shape index (κ3) is 4.62. The molecule has 0 aromatic heterocycles. The fraction of sp³-hybridized carbons (Fsp3) is 0.368. The summed E-state index contributed by atoms with van der Waals surface area (Å²) in [6.45, 7) is 2.28. The molecule has 1 fully saturated rings. The van der Waals surface area contributed by atoms with Gasteiger partial charge in [0.1, 0.15) is 5.82 Å². The molecule has 2 aromatic carbocycles. The SMILES string of the molecule is O=S(=O)(c1ccc(CNCc2ccc(F)cc2Cl)cc1)N1CCCCC1. The van der Waals surface area contributed by atoms with Gasteiger partial charge in [-0.05, 0) is 48.2 Å². The monoisotopic (exact) mass is 396 g/mol. The van der Waals surface area contributed by atoms with Crippen molar-refractivity contribution in [3.05, 3.63) is 64.4 Å². The molecular formula is C19H22ClFN2O2S. The van der Waals surface area contributed by atoms with Crippen LogP contribution in [0.25, 0.3) is 0 Å². The minimum Gasteiger partial charge on any atom is -0.309 e. The normalized spacial score (nSPS) is 15.9. The van der Waals surface area contributed by atoms with Crippen molar-refractivity contribution in [2.45, 2.75) is 37.2 Å². The molecule has 26 heavy (non-hydrogen) atoms. The first-order valence-electron chi connectivity index (χ1n) is 8.70. The molecule has 1 aliphatic heterocycles. The first kappa shape index (κ1) is 19.3. The first-order valence-corrected chi connectivity index (χ1v) is 10.5. The highest BCUT2D eigenvalue weighted by molar-refractivity contribution is 7.89. The second-order valence-electron chi connectivity index (χ2n) is 6.45. The molecule has 1 saturated heterocycles. The molecule has 0 amide bonds. The summed E-state index contributed by atoms with van der Waals surface area (Å²) >= 11 is 6.00. The highest BCUT2D eigenvalue weighted by atomic mass is 35.5. The molecule has 0 atom stereocenters. The first-order chi connectivity index (χ1) is 12.5. The van der Waals surface area contributed by atoms with E-state index in [4.69, 9.17) is 11.6 Å². The molecule has 4 nitrogen and oxygen atoms in total. The van der Waals surface area contributed by atoms with Crippen molar-refractivity contribution in [3.8, 4) is 0 Å². The molecule has 2 aromatic rings. The Morgan fingerprint density at radius 1 is 1.00 bits per heavy atom. The molecule has 140 valence electrons. The van der Waals surface area contributed by atoms with E-state index in [1.165, 1.54) is 12.1 Å². The zero-order valence-corrected chi connectivity index (χ0v) is 16.0. The average Bonchev–Trinajstić information content (AvgIpc) is 2.65. The number of nitrogens with one attached hydrogen (secondary N) is 1. The van der Waals surface area contributed by atoms with E-state index in [1.807, 2.05) is 12.1 Å². The van der Waals surface area contributed by atoms with Crippen LogP contribution >= 0.6 is 11.6 Å². The lowest BCUT2D eigenvalue weighted by Crippen LogP contribution is -2.35. The molecule has 1 heterocycles. The average molecular weight is 397 g/mol. The van der Waals surface area contributed by atoms with E-state index in [1.54, 1.807) is 22.5 Å². The van der Waals surface area contributed by atoms with Crippen LogP contribution in [0.3, 0.4) is 0 Å². The highest BCUT2D eigenvalue weighted by Crippen LogP contribution is 2.21. The summed E-state index contributed by atoms with van der Waals surface area (Å²) < 4.78 is 39.9. The summed E-state index contributed by atoms with van der Waals surface area (Å²) in [7, 11) is -3.39. The zero-order valence-electron chi connectivity index (χ0n) is 14.4. The van der Waals surface area contributed by atoms with E-state index in [0.29, 0.717) is 36.1 Å². The maximum atomic E-state index is 13.0. The minimum atomic E-state index is -3.39. The Balaban J connectivity index is 1.59. The standard InChI is InChI=1S/C19H22ClFN2O2S/c20-19-12-17(21)7-6-16(19)14-22-13-15-4-8-18(9-5-15)26(24,25)23-10-2-1-3-11-23/h4-9,12,22H,1-3,10-11,13-14H2. The van der Waals surface area contributed by atoms with Gasteiger partial charge in [0.2, 0.25) is 10.0 Å². The van der Waals surface area contributed by atoms with Gasteiger partial charge in [-0.15, -0.1) is 0 Å². The molecular weight excluding hydrogens is 375 g/mol. The van der Waals surface area contributed by atoms with Crippen LogP contribution in [0.2, 0.25) is 5.02 Å². The van der Waals surface area contributed by atoms with E-state index >= 15 is 0 Å². The summed E-state index contributed by atoms with van der Waals surface area (Å²) in [5, 5.41) is 3.62. The second-order valence-corrected chi connectivity index (χ2v) is 8.79. The van der Waals surface area contributed by atoms with E-state index in [-0.39, 0.29) is 5.82 Å². The number of sulfonamides is 1. The van der Waals surface area contributed by atoms with Crippen LogP contribution in [0.4, 0.5) is 4.39 Å². The predicted molar refractivity (Wildman–Crippen MR) is 101 cm³/mol. The zero-order chi connectivity index (χ0) is 18.6. The van der Waals surface area contributed by atoms with Crippen molar-refractivity contribution in [1.29, 1.82) is 0 Å². The Morgan fingerprint density at radius 2 is 1.69 bits per heavy atom. The number of hydrogen-bond donors (Lipinski definition) is 1. The molecule has 1 aliphatic rings. The molecule has 0 spiro atoms. The van der Waals surface area contributed by atoms with Gasteiger partial charge in [0.05, 0.1) is 4.90 Å². The highest BCUT2D eigenvalue weighted by Gasteiger charge is 2.25. The number of nitrogens with zero attached hydrogens (tertiary/aromatic N) is 1. The molecule has 1 N–H and O–H groups in total. The Kier molecular flexibility index (Phi) is 6.29. The van der Waals surface area contributed by atoms with Gasteiger partial charge >= 0.3 is 0 Å². The summed E-state index contributed by atoms with van der Waals surface area (Å²) in [5.74, 6) is -0.357. The quantitative estimate of drug-likeness (QED) is 0.804. The van der Waals surface area contributed by atoms with Crippen LogP contribution < -0.4 is 5.32 Å². The van der Waals surface area contributed by atoms with Gasteiger partial charge in [-0.2, -0.15) is 4.31 Å². The Bertz CT molecular complexity index is 850. The molecule has 0 radical (unpaired) electrons. The van der Waals surface area contributed by atoms with E-state index in [0.717, 1.165) is 30.4 Å². The largest absolute Gasteiger partial charge is 0.309 e. The lowest BCUT2D eigenvalue weighted by atomic mass is 10.2. The van der Waals surface area contributed by atoms with Crippen LogP contribution in [0.5, 0.6) is 0 Å². The fourth-order valence-corrected chi connectivity index (χ4v) is 4.79. The second kappa shape index (κ2) is 8.48. The van der Waals surface area contributed by atoms with Crippen LogP contribution in [0.15, 0.2) is 47.4 Å². The lowest BCUT2D eigenvalue weighted by Gasteiger charge is -2.25. The molecule has 0 bridgehead atoms. The van der Waals surface area contributed by atoms with Gasteiger partial charge in [-0.25, -0.2) is 12.8 Å². The summed E-state index contributed by atoms with van der Waals surface area (Å²) in [4.78, 5) is 0.338. The van der Waals surface area contributed by atoms with Crippen molar-refractivity contribution < 1.29 is 12.8 Å². The van der Waals surface area contributed by atoms with Crippen molar-refractivity contribution >= 4 is 21.6 Å². The van der Waals surface area contributed by atoms with Gasteiger partial charge in [0.25, 0.3) is 0 Å². The van der Waals surface area contributed by atoms with Crippen LogP contribution in [-0.2, 0) is 23.1 Å². The minimum absolute atomic E-state index is 0.338. The Morgan fingerprint density at radius 3 is 2.35 bits per heavy atom. The molecule has 7 heteroatoms. The Labute approximate surface area is 159 Å². The van der Waals surface area contributed by atoms with Crippen LogP contribution in [0.1, 0.15) is 30.4 Å². The van der Waals surface area contributed by atoms with Gasteiger partial charge in [-0.3, -0.25) is 0 Å². The van der Waals surface area contributed by atoms with E-state index in [2.05, 4.69) is 5.32 Å². The third-order valence-electron chi connectivity index (χ3n) is 4.54. The topological polar surface area (TPSA) is 49.4 Å². The Hall–Kier alpha value is -1.47.